The maximum Gasteiger partial charge on any atom is 0.469 e. The average molecular weight is 423 g/mol. The fourth-order valence-corrected chi connectivity index (χ4v) is 3.33. The molecular formula is C21H43O6P. The molecule has 168 valence electrons. The first-order valence-corrected chi connectivity index (χ1v) is 12.6. The van der Waals surface area contributed by atoms with E-state index in [0.29, 0.717) is 13.0 Å². The van der Waals surface area contributed by atoms with Gasteiger partial charge in [0.25, 0.3) is 0 Å². The van der Waals surface area contributed by atoms with Crippen molar-refractivity contribution in [3.05, 3.63) is 12.2 Å². The van der Waals surface area contributed by atoms with Gasteiger partial charge in [0.1, 0.15) is 0 Å². The summed E-state index contributed by atoms with van der Waals surface area (Å²) in [6.45, 7) is 2.68. The molecule has 0 aromatic carbocycles. The number of aliphatic hydroxyl groups excluding tert-OH is 1. The van der Waals surface area contributed by atoms with Crippen LogP contribution in [0.25, 0.3) is 0 Å². The number of unbranched alkanes of at least 4 members (excludes halogenated alkanes) is 12. The Morgan fingerprint density at radius 1 is 0.821 bits per heavy atom. The predicted octanol–water partition coefficient (Wildman–Crippen LogP) is 5.51. The Morgan fingerprint density at radius 3 is 1.89 bits per heavy atom. The summed E-state index contributed by atoms with van der Waals surface area (Å²) in [6, 6.07) is 0. The minimum absolute atomic E-state index is 0.0603. The molecule has 0 aliphatic rings. The zero-order valence-electron chi connectivity index (χ0n) is 17.8. The lowest BCUT2D eigenvalue weighted by molar-refractivity contribution is 0.0516. The molecule has 0 aromatic rings. The van der Waals surface area contributed by atoms with E-state index in [1.165, 1.54) is 70.6 Å². The van der Waals surface area contributed by atoms with Gasteiger partial charge in [0.05, 0.1) is 19.3 Å². The van der Waals surface area contributed by atoms with Crippen molar-refractivity contribution in [3.63, 3.8) is 0 Å². The number of aliphatic hydroxyl groups is 1. The van der Waals surface area contributed by atoms with Crippen LogP contribution in [-0.2, 0) is 13.8 Å². The average Bonchev–Trinajstić information content (AvgIpc) is 2.64. The van der Waals surface area contributed by atoms with Crippen LogP contribution in [0.15, 0.2) is 12.2 Å². The van der Waals surface area contributed by atoms with Crippen LogP contribution in [0.3, 0.4) is 0 Å². The van der Waals surface area contributed by atoms with Gasteiger partial charge in [-0.3, -0.25) is 4.52 Å². The van der Waals surface area contributed by atoms with E-state index in [0.717, 1.165) is 12.8 Å². The maximum absolute atomic E-state index is 10.5. The number of hydrogen-bond donors (Lipinski definition) is 3. The van der Waals surface area contributed by atoms with Crippen LogP contribution in [-0.4, -0.2) is 40.8 Å². The lowest BCUT2D eigenvalue weighted by Crippen LogP contribution is -2.13. The summed E-state index contributed by atoms with van der Waals surface area (Å²) >= 11 is 0. The zero-order valence-corrected chi connectivity index (χ0v) is 18.7. The minimum Gasteiger partial charge on any atom is -0.387 e. The monoisotopic (exact) mass is 422 g/mol. The number of allylic oxidation sites excluding steroid dienone is 1. The van der Waals surface area contributed by atoms with Crippen LogP contribution < -0.4 is 0 Å². The highest BCUT2D eigenvalue weighted by atomic mass is 31.2. The van der Waals surface area contributed by atoms with Crippen LogP contribution >= 0.6 is 7.82 Å². The van der Waals surface area contributed by atoms with Gasteiger partial charge in [-0.15, -0.1) is 0 Å². The van der Waals surface area contributed by atoms with Gasteiger partial charge >= 0.3 is 7.82 Å². The maximum atomic E-state index is 10.5. The van der Waals surface area contributed by atoms with E-state index < -0.39 is 13.9 Å². The van der Waals surface area contributed by atoms with Gasteiger partial charge < -0.3 is 19.6 Å². The number of ether oxygens (including phenoxy) is 1. The third-order valence-electron chi connectivity index (χ3n) is 4.56. The zero-order chi connectivity index (χ0) is 20.9. The Hall–Kier alpha value is -0.230. The molecule has 0 rings (SSSR count). The lowest BCUT2D eigenvalue weighted by atomic mass is 10.0. The van der Waals surface area contributed by atoms with Gasteiger partial charge in [-0.25, -0.2) is 4.57 Å². The van der Waals surface area contributed by atoms with E-state index in [2.05, 4.69) is 11.4 Å². The van der Waals surface area contributed by atoms with Crippen molar-refractivity contribution in [3.8, 4) is 0 Å². The third kappa shape index (κ3) is 23.8. The summed E-state index contributed by atoms with van der Waals surface area (Å²) in [5, 5.41) is 9.76. The Labute approximate surface area is 172 Å². The minimum atomic E-state index is -4.39. The van der Waals surface area contributed by atoms with Gasteiger partial charge in [0.2, 0.25) is 0 Å². The largest absolute Gasteiger partial charge is 0.469 e. The first-order chi connectivity index (χ1) is 13.5. The van der Waals surface area contributed by atoms with Crippen molar-refractivity contribution < 1.29 is 28.7 Å². The van der Waals surface area contributed by atoms with Crippen LogP contribution in [0.5, 0.6) is 0 Å². The molecule has 0 aliphatic carbocycles. The fourth-order valence-electron chi connectivity index (χ4n) is 2.96. The van der Waals surface area contributed by atoms with Gasteiger partial charge in [-0.1, -0.05) is 89.7 Å². The van der Waals surface area contributed by atoms with Crippen LogP contribution in [0.4, 0.5) is 0 Å². The molecule has 0 aromatic heterocycles. The highest BCUT2D eigenvalue weighted by Crippen LogP contribution is 2.35. The van der Waals surface area contributed by atoms with Crippen LogP contribution in [0.1, 0.15) is 96.8 Å². The first-order valence-electron chi connectivity index (χ1n) is 11.1. The number of phosphoric acid groups is 1. The van der Waals surface area contributed by atoms with Gasteiger partial charge in [-0.2, -0.15) is 0 Å². The number of rotatable bonds is 21. The van der Waals surface area contributed by atoms with Crippen molar-refractivity contribution in [1.29, 1.82) is 0 Å². The summed E-state index contributed by atoms with van der Waals surface area (Å²) in [5.41, 5.74) is 0. The summed E-state index contributed by atoms with van der Waals surface area (Å²) in [6.07, 6.45) is 20.5. The summed E-state index contributed by atoms with van der Waals surface area (Å²) in [4.78, 5) is 17.0. The van der Waals surface area contributed by atoms with Gasteiger partial charge in [-0.05, 0) is 19.3 Å². The second-order valence-corrected chi connectivity index (χ2v) is 8.66. The van der Waals surface area contributed by atoms with Crippen LogP contribution in [0, 0.1) is 0 Å². The second-order valence-electron chi connectivity index (χ2n) is 7.43. The second kappa shape index (κ2) is 20.1. The highest BCUT2D eigenvalue weighted by Gasteiger charge is 2.12. The Morgan fingerprint density at radius 2 is 1.36 bits per heavy atom. The van der Waals surface area contributed by atoms with Crippen molar-refractivity contribution in [2.45, 2.75) is 103 Å². The Balaban J connectivity index is 3.28. The molecule has 28 heavy (non-hydrogen) atoms. The topological polar surface area (TPSA) is 96.2 Å². The standard InChI is InChI=1S/C21H43O6P/c1-2-3-4-5-6-7-8-9-10-11-12-13-14-15-17-21(22)20-26-18-16-19-27-28(23,24)25/h15,17,21-22H,2-14,16,18-20H2,1H3,(H2,23,24,25). The van der Waals surface area contributed by atoms with Crippen molar-refractivity contribution in [2.75, 3.05) is 19.8 Å². The number of phosphoric ester groups is 1. The molecule has 0 amide bonds. The Kier molecular flexibility index (Phi) is 19.9. The smallest absolute Gasteiger partial charge is 0.387 e. The van der Waals surface area contributed by atoms with E-state index in [1.807, 2.05) is 6.08 Å². The Bertz CT molecular complexity index is 396. The molecule has 0 saturated heterocycles. The molecule has 1 atom stereocenters. The molecule has 0 bridgehead atoms. The summed E-state index contributed by atoms with van der Waals surface area (Å²) in [7, 11) is -4.39. The molecule has 0 fully saturated rings. The summed E-state index contributed by atoms with van der Waals surface area (Å²) in [5.74, 6) is 0. The van der Waals surface area contributed by atoms with E-state index >= 15 is 0 Å². The molecule has 0 radical (unpaired) electrons. The summed E-state index contributed by atoms with van der Waals surface area (Å²) < 4.78 is 20.0. The van der Waals surface area contributed by atoms with Crippen LogP contribution in [0.2, 0.25) is 0 Å². The molecule has 0 heterocycles. The molecule has 3 N–H and O–H groups in total. The van der Waals surface area contributed by atoms with E-state index in [1.54, 1.807) is 6.08 Å². The molecular weight excluding hydrogens is 379 g/mol. The predicted molar refractivity (Wildman–Crippen MR) is 114 cm³/mol. The number of hydrogen-bond acceptors (Lipinski definition) is 4. The van der Waals surface area contributed by atoms with Crippen molar-refractivity contribution >= 4 is 7.82 Å². The molecule has 6 nitrogen and oxygen atoms in total. The normalized spacial score (nSPS) is 13.4. The van der Waals surface area contributed by atoms with Crippen molar-refractivity contribution in [1.82, 2.24) is 0 Å². The molecule has 0 spiro atoms. The highest BCUT2D eigenvalue weighted by molar-refractivity contribution is 7.46. The molecule has 1 unspecified atom stereocenters. The lowest BCUT2D eigenvalue weighted by Gasteiger charge is -2.08. The third-order valence-corrected chi connectivity index (χ3v) is 5.08. The van der Waals surface area contributed by atoms with Crippen molar-refractivity contribution in [2.24, 2.45) is 0 Å². The molecule has 0 saturated carbocycles. The van der Waals surface area contributed by atoms with Gasteiger partial charge in [0, 0.05) is 6.61 Å². The fraction of sp³-hybridized carbons (Fsp3) is 0.905. The van der Waals surface area contributed by atoms with E-state index in [4.69, 9.17) is 14.5 Å². The van der Waals surface area contributed by atoms with E-state index in [9.17, 15) is 9.67 Å². The SMILES string of the molecule is CCCCCCCCCCCCCCC=CC(O)COCCCOP(=O)(O)O. The van der Waals surface area contributed by atoms with E-state index in [-0.39, 0.29) is 13.2 Å². The van der Waals surface area contributed by atoms with Gasteiger partial charge in [0.15, 0.2) is 0 Å². The first kappa shape index (κ1) is 27.8. The molecule has 7 heteroatoms. The quantitative estimate of drug-likeness (QED) is 0.128. The molecule has 0 aliphatic heterocycles.